The van der Waals surface area contributed by atoms with Gasteiger partial charge in [-0.05, 0) is 42.5 Å². The summed E-state index contributed by atoms with van der Waals surface area (Å²) < 4.78 is 5.06. The molecular weight excluding hydrogens is 358 g/mol. The SMILES string of the molecule is O=C(Nc1ccc(Cl)cc1C(=O)O)c1ccc(C(=O)c2ccco2)cc1. The zero-order valence-electron chi connectivity index (χ0n) is 13.2. The van der Waals surface area contributed by atoms with Crippen molar-refractivity contribution in [3.05, 3.63) is 88.3 Å². The predicted molar refractivity (Wildman–Crippen MR) is 94.9 cm³/mol. The van der Waals surface area contributed by atoms with E-state index in [-0.39, 0.29) is 33.4 Å². The van der Waals surface area contributed by atoms with Gasteiger partial charge in [-0.2, -0.15) is 0 Å². The number of rotatable bonds is 5. The van der Waals surface area contributed by atoms with Gasteiger partial charge in [0.05, 0.1) is 17.5 Å². The van der Waals surface area contributed by atoms with Crippen molar-refractivity contribution in [3.63, 3.8) is 0 Å². The Morgan fingerprint density at radius 3 is 2.27 bits per heavy atom. The number of carboxylic acid groups (broad SMARTS) is 1. The van der Waals surface area contributed by atoms with Gasteiger partial charge in [-0.1, -0.05) is 23.7 Å². The second kappa shape index (κ2) is 7.25. The lowest BCUT2D eigenvalue weighted by Crippen LogP contribution is -2.15. The van der Waals surface area contributed by atoms with Gasteiger partial charge in [0.1, 0.15) is 0 Å². The van der Waals surface area contributed by atoms with E-state index >= 15 is 0 Å². The molecule has 3 aromatic rings. The highest BCUT2D eigenvalue weighted by Gasteiger charge is 2.16. The molecule has 130 valence electrons. The zero-order valence-corrected chi connectivity index (χ0v) is 14.0. The van der Waals surface area contributed by atoms with Crippen LogP contribution in [0.3, 0.4) is 0 Å². The van der Waals surface area contributed by atoms with E-state index < -0.39 is 11.9 Å². The first kappa shape index (κ1) is 17.4. The Kier molecular flexibility index (Phi) is 4.86. The number of furan rings is 1. The Bertz CT molecular complexity index is 978. The number of hydrogen-bond acceptors (Lipinski definition) is 4. The lowest BCUT2D eigenvalue weighted by molar-refractivity contribution is 0.0698. The Labute approximate surface area is 153 Å². The summed E-state index contributed by atoms with van der Waals surface area (Å²) in [7, 11) is 0. The van der Waals surface area contributed by atoms with E-state index in [1.54, 1.807) is 12.1 Å². The van der Waals surface area contributed by atoms with Gasteiger partial charge in [-0.25, -0.2) is 4.79 Å². The van der Waals surface area contributed by atoms with Crippen LogP contribution in [-0.4, -0.2) is 22.8 Å². The van der Waals surface area contributed by atoms with E-state index in [4.69, 9.17) is 16.0 Å². The highest BCUT2D eigenvalue weighted by Crippen LogP contribution is 2.21. The smallest absolute Gasteiger partial charge is 0.337 e. The normalized spacial score (nSPS) is 10.3. The molecule has 0 saturated heterocycles. The lowest BCUT2D eigenvalue weighted by Gasteiger charge is -2.09. The second-order valence-electron chi connectivity index (χ2n) is 5.33. The van der Waals surface area contributed by atoms with Crippen LogP contribution in [0.5, 0.6) is 0 Å². The van der Waals surface area contributed by atoms with Crippen LogP contribution < -0.4 is 5.32 Å². The van der Waals surface area contributed by atoms with Crippen LogP contribution >= 0.6 is 11.6 Å². The van der Waals surface area contributed by atoms with Crippen LogP contribution in [0.25, 0.3) is 0 Å². The highest BCUT2D eigenvalue weighted by atomic mass is 35.5. The van der Waals surface area contributed by atoms with E-state index in [1.165, 1.54) is 48.7 Å². The number of carbonyl (C=O) groups excluding carboxylic acids is 2. The number of halogens is 1. The molecule has 7 heteroatoms. The molecule has 0 aliphatic carbocycles. The number of benzene rings is 2. The summed E-state index contributed by atoms with van der Waals surface area (Å²) in [5.41, 5.74) is 0.652. The van der Waals surface area contributed by atoms with Gasteiger partial charge in [0.25, 0.3) is 5.91 Å². The monoisotopic (exact) mass is 369 g/mol. The Hall–Kier alpha value is -3.38. The summed E-state index contributed by atoms with van der Waals surface area (Å²) in [6, 6.07) is 13.3. The first-order chi connectivity index (χ1) is 12.5. The number of carbonyl (C=O) groups is 3. The molecule has 0 fully saturated rings. The van der Waals surface area contributed by atoms with Gasteiger partial charge < -0.3 is 14.8 Å². The number of aromatic carboxylic acids is 1. The van der Waals surface area contributed by atoms with Gasteiger partial charge in [0.15, 0.2) is 5.76 Å². The number of anilines is 1. The first-order valence-electron chi connectivity index (χ1n) is 7.48. The third kappa shape index (κ3) is 3.65. The van der Waals surface area contributed by atoms with Crippen molar-refractivity contribution in [2.45, 2.75) is 0 Å². The lowest BCUT2D eigenvalue weighted by atomic mass is 10.1. The van der Waals surface area contributed by atoms with Crippen LogP contribution in [-0.2, 0) is 0 Å². The first-order valence-corrected chi connectivity index (χ1v) is 7.86. The molecule has 1 aromatic heterocycles. The van der Waals surface area contributed by atoms with Crippen molar-refractivity contribution in [1.29, 1.82) is 0 Å². The molecule has 0 unspecified atom stereocenters. The molecule has 0 bridgehead atoms. The average Bonchev–Trinajstić information content (AvgIpc) is 3.17. The molecular formula is C19H12ClNO5. The Morgan fingerprint density at radius 2 is 1.65 bits per heavy atom. The van der Waals surface area contributed by atoms with E-state index in [0.717, 1.165) is 0 Å². The maximum absolute atomic E-state index is 12.3. The molecule has 0 atom stereocenters. The van der Waals surface area contributed by atoms with Crippen molar-refractivity contribution < 1.29 is 23.9 Å². The van der Waals surface area contributed by atoms with Crippen LogP contribution in [0.2, 0.25) is 5.02 Å². The van der Waals surface area contributed by atoms with E-state index in [2.05, 4.69) is 5.32 Å². The topological polar surface area (TPSA) is 96.6 Å². The van der Waals surface area contributed by atoms with Crippen molar-refractivity contribution >= 4 is 34.9 Å². The average molecular weight is 370 g/mol. The molecule has 6 nitrogen and oxygen atoms in total. The summed E-state index contributed by atoms with van der Waals surface area (Å²) in [6.45, 7) is 0. The van der Waals surface area contributed by atoms with Gasteiger partial charge in [-0.3, -0.25) is 9.59 Å². The summed E-state index contributed by atoms with van der Waals surface area (Å²) in [4.78, 5) is 35.8. The summed E-state index contributed by atoms with van der Waals surface area (Å²) in [6.07, 6.45) is 1.40. The van der Waals surface area contributed by atoms with Crippen molar-refractivity contribution in [1.82, 2.24) is 0 Å². The molecule has 3 rings (SSSR count). The van der Waals surface area contributed by atoms with Gasteiger partial charge in [0, 0.05) is 16.1 Å². The van der Waals surface area contributed by atoms with Gasteiger partial charge >= 0.3 is 5.97 Å². The molecule has 2 aromatic carbocycles. The van der Waals surface area contributed by atoms with Crippen LogP contribution in [0, 0.1) is 0 Å². The number of hydrogen-bond donors (Lipinski definition) is 2. The van der Waals surface area contributed by atoms with Crippen molar-refractivity contribution in [2.24, 2.45) is 0 Å². The molecule has 0 saturated carbocycles. The maximum atomic E-state index is 12.3. The number of amides is 1. The summed E-state index contributed by atoms with van der Waals surface area (Å²) >= 11 is 5.79. The quantitative estimate of drug-likeness (QED) is 0.659. The molecule has 1 amide bonds. The number of nitrogens with one attached hydrogen (secondary N) is 1. The second-order valence-corrected chi connectivity index (χ2v) is 5.77. The van der Waals surface area contributed by atoms with Crippen molar-refractivity contribution in [2.75, 3.05) is 5.32 Å². The Morgan fingerprint density at radius 1 is 0.962 bits per heavy atom. The fourth-order valence-electron chi connectivity index (χ4n) is 2.32. The van der Waals surface area contributed by atoms with Crippen LogP contribution in [0.4, 0.5) is 5.69 Å². The molecule has 2 N–H and O–H groups in total. The van der Waals surface area contributed by atoms with E-state index in [1.807, 2.05) is 0 Å². The fraction of sp³-hybridized carbons (Fsp3) is 0. The number of ketones is 1. The van der Waals surface area contributed by atoms with E-state index in [0.29, 0.717) is 5.56 Å². The molecule has 0 radical (unpaired) electrons. The van der Waals surface area contributed by atoms with Crippen LogP contribution in [0.15, 0.2) is 65.3 Å². The fourth-order valence-corrected chi connectivity index (χ4v) is 2.49. The molecule has 1 heterocycles. The maximum Gasteiger partial charge on any atom is 0.337 e. The van der Waals surface area contributed by atoms with E-state index in [9.17, 15) is 19.5 Å². The largest absolute Gasteiger partial charge is 0.478 e. The minimum absolute atomic E-state index is 0.115. The van der Waals surface area contributed by atoms with Crippen molar-refractivity contribution in [3.8, 4) is 0 Å². The highest BCUT2D eigenvalue weighted by molar-refractivity contribution is 6.31. The van der Waals surface area contributed by atoms with Gasteiger partial charge in [-0.15, -0.1) is 0 Å². The minimum atomic E-state index is -1.21. The molecule has 26 heavy (non-hydrogen) atoms. The third-order valence-corrected chi connectivity index (χ3v) is 3.85. The molecule has 0 aliphatic rings. The standard InChI is InChI=1S/C19H12ClNO5/c20-13-7-8-15(14(10-13)19(24)25)21-18(23)12-5-3-11(4-6-12)17(22)16-2-1-9-26-16/h1-10H,(H,21,23)(H,24,25). The molecule has 0 spiro atoms. The predicted octanol–water partition coefficient (Wildman–Crippen LogP) is 4.11. The number of carboxylic acids is 1. The third-order valence-electron chi connectivity index (χ3n) is 3.61. The molecule has 0 aliphatic heterocycles. The van der Waals surface area contributed by atoms with Gasteiger partial charge in [0.2, 0.25) is 5.78 Å². The Balaban J connectivity index is 1.79. The van der Waals surface area contributed by atoms with Crippen LogP contribution in [0.1, 0.15) is 36.8 Å². The summed E-state index contributed by atoms with van der Waals surface area (Å²) in [5.74, 6) is -1.81. The minimum Gasteiger partial charge on any atom is -0.478 e. The summed E-state index contributed by atoms with van der Waals surface area (Å²) in [5, 5.41) is 12.0. The zero-order chi connectivity index (χ0) is 18.7.